The molecule has 3 rings (SSSR count). The van der Waals surface area contributed by atoms with E-state index < -0.39 is 17.3 Å². The van der Waals surface area contributed by atoms with Crippen LogP contribution >= 0.6 is 0 Å². The van der Waals surface area contributed by atoms with Gasteiger partial charge in [-0.1, -0.05) is 12.1 Å². The summed E-state index contributed by atoms with van der Waals surface area (Å²) < 4.78 is 16.8. The minimum Gasteiger partial charge on any atom is -0.464 e. The zero-order chi connectivity index (χ0) is 15.9. The van der Waals surface area contributed by atoms with Gasteiger partial charge in [0, 0.05) is 13.0 Å². The van der Waals surface area contributed by atoms with E-state index in [4.69, 9.17) is 13.9 Å². The Morgan fingerprint density at radius 2 is 2.14 bits per heavy atom. The molecule has 1 aromatic carbocycles. The number of carbonyl (C=O) groups is 1. The molecule has 5 heteroatoms. The second-order valence-electron chi connectivity index (χ2n) is 5.68. The van der Waals surface area contributed by atoms with E-state index in [1.807, 2.05) is 19.1 Å². The van der Waals surface area contributed by atoms with Crippen molar-refractivity contribution in [3.8, 4) is 5.75 Å². The van der Waals surface area contributed by atoms with Crippen molar-refractivity contribution in [2.45, 2.75) is 38.9 Å². The van der Waals surface area contributed by atoms with E-state index in [1.165, 1.54) is 6.92 Å². The molecule has 0 saturated carbocycles. The number of benzene rings is 1. The Balaban J connectivity index is 2.32. The van der Waals surface area contributed by atoms with Gasteiger partial charge in [-0.3, -0.25) is 4.79 Å². The van der Waals surface area contributed by atoms with Crippen molar-refractivity contribution in [3.63, 3.8) is 0 Å². The van der Waals surface area contributed by atoms with Crippen LogP contribution in [0.4, 0.5) is 0 Å². The normalized spacial score (nSPS) is 23.9. The van der Waals surface area contributed by atoms with Crippen LogP contribution in [0.15, 0.2) is 33.5 Å². The van der Waals surface area contributed by atoms with Crippen molar-refractivity contribution in [1.29, 1.82) is 0 Å². The fourth-order valence-corrected chi connectivity index (χ4v) is 2.93. The van der Waals surface area contributed by atoms with Gasteiger partial charge in [0.1, 0.15) is 17.1 Å². The maximum Gasteiger partial charge on any atom is 0.344 e. The molecule has 22 heavy (non-hydrogen) atoms. The summed E-state index contributed by atoms with van der Waals surface area (Å²) in [5.41, 5.74) is -0.775. The first-order chi connectivity index (χ1) is 10.5. The Morgan fingerprint density at radius 3 is 2.82 bits per heavy atom. The van der Waals surface area contributed by atoms with Gasteiger partial charge in [0.2, 0.25) is 6.29 Å². The molecule has 2 aromatic rings. The number of hydrogen-bond donors (Lipinski definition) is 0. The van der Waals surface area contributed by atoms with Gasteiger partial charge in [-0.2, -0.15) is 0 Å². The average Bonchev–Trinajstić information content (AvgIpc) is 2.47. The van der Waals surface area contributed by atoms with E-state index in [1.54, 1.807) is 19.1 Å². The molecule has 0 radical (unpaired) electrons. The molecular weight excluding hydrogens is 284 g/mol. The third kappa shape index (κ3) is 2.13. The number of ether oxygens (including phenoxy) is 2. The van der Waals surface area contributed by atoms with Crippen molar-refractivity contribution >= 4 is 16.8 Å². The van der Waals surface area contributed by atoms with Gasteiger partial charge in [0.15, 0.2) is 0 Å². The first-order valence-corrected chi connectivity index (χ1v) is 7.33. The maximum atomic E-state index is 12.4. The van der Waals surface area contributed by atoms with Crippen LogP contribution in [-0.4, -0.2) is 18.7 Å². The van der Waals surface area contributed by atoms with E-state index in [9.17, 15) is 9.59 Å². The monoisotopic (exact) mass is 302 g/mol. The third-order valence-corrected chi connectivity index (χ3v) is 4.27. The molecule has 2 atom stereocenters. The highest BCUT2D eigenvalue weighted by molar-refractivity contribution is 5.92. The molecule has 5 nitrogen and oxygen atoms in total. The summed E-state index contributed by atoms with van der Waals surface area (Å²) in [4.78, 5) is 24.7. The topological polar surface area (TPSA) is 65.7 Å². The molecule has 0 saturated heterocycles. The lowest BCUT2D eigenvalue weighted by Crippen LogP contribution is -2.45. The summed E-state index contributed by atoms with van der Waals surface area (Å²) in [5, 5.41) is 0.675. The predicted octanol–water partition coefficient (Wildman–Crippen LogP) is 2.78. The number of ketones is 1. The van der Waals surface area contributed by atoms with Crippen LogP contribution in [0.3, 0.4) is 0 Å². The van der Waals surface area contributed by atoms with Crippen LogP contribution in [0.25, 0.3) is 11.0 Å². The summed E-state index contributed by atoms with van der Waals surface area (Å²) in [6, 6.07) is 7.13. The SMILES string of the molecule is CCO[C@H]1C[C@@](C)(C(C)=O)c2c(c3ccccc3oc2=O)O1. The lowest BCUT2D eigenvalue weighted by atomic mass is 9.74. The Morgan fingerprint density at radius 1 is 1.41 bits per heavy atom. The van der Waals surface area contributed by atoms with Gasteiger partial charge >= 0.3 is 5.63 Å². The number of para-hydroxylation sites is 1. The standard InChI is InChI=1S/C17H18O5/c1-4-20-13-9-17(3,10(2)18)14-15(22-13)11-7-5-6-8-12(11)21-16(14)19/h5-8,13H,4,9H2,1-3H3/t13-,17+/m1/s1. The number of rotatable bonds is 3. The fraction of sp³-hybridized carbons (Fsp3) is 0.412. The van der Waals surface area contributed by atoms with Crippen molar-refractivity contribution in [3.05, 3.63) is 40.2 Å². The number of Topliss-reactive ketones (excluding diaryl/α,β-unsaturated/α-hetero) is 1. The summed E-state index contributed by atoms with van der Waals surface area (Å²) >= 11 is 0. The van der Waals surface area contributed by atoms with Crippen LogP contribution in [0.1, 0.15) is 32.8 Å². The molecule has 0 bridgehead atoms. The predicted molar refractivity (Wildman–Crippen MR) is 81.2 cm³/mol. The molecule has 2 heterocycles. The van der Waals surface area contributed by atoms with Crippen LogP contribution in [-0.2, 0) is 14.9 Å². The molecule has 1 aromatic heterocycles. The minimum absolute atomic E-state index is 0.107. The zero-order valence-corrected chi connectivity index (χ0v) is 12.8. The Hall–Kier alpha value is -2.14. The summed E-state index contributed by atoms with van der Waals surface area (Å²) in [6.45, 7) is 5.55. The van der Waals surface area contributed by atoms with Gasteiger partial charge in [-0.25, -0.2) is 4.79 Å². The van der Waals surface area contributed by atoms with Crippen LogP contribution in [0.5, 0.6) is 5.75 Å². The van der Waals surface area contributed by atoms with Crippen molar-refractivity contribution in [2.75, 3.05) is 6.61 Å². The van der Waals surface area contributed by atoms with E-state index in [2.05, 4.69) is 0 Å². The highest BCUT2D eigenvalue weighted by atomic mass is 16.7. The van der Waals surface area contributed by atoms with E-state index >= 15 is 0 Å². The Bertz CT molecular complexity index is 791. The number of hydrogen-bond acceptors (Lipinski definition) is 5. The molecule has 116 valence electrons. The Labute approximate surface area is 127 Å². The van der Waals surface area contributed by atoms with Gasteiger partial charge in [-0.05, 0) is 32.9 Å². The number of fused-ring (bicyclic) bond motifs is 3. The minimum atomic E-state index is -0.974. The first-order valence-electron chi connectivity index (χ1n) is 7.33. The highest BCUT2D eigenvalue weighted by Gasteiger charge is 2.45. The van der Waals surface area contributed by atoms with E-state index in [0.717, 1.165) is 0 Å². The van der Waals surface area contributed by atoms with Crippen LogP contribution in [0, 0.1) is 0 Å². The van der Waals surface area contributed by atoms with E-state index in [-0.39, 0.29) is 11.3 Å². The highest BCUT2D eigenvalue weighted by Crippen LogP contribution is 2.43. The molecule has 0 aliphatic carbocycles. The van der Waals surface area contributed by atoms with Crippen molar-refractivity contribution in [2.24, 2.45) is 0 Å². The lowest BCUT2D eigenvalue weighted by molar-refractivity contribution is -0.133. The largest absolute Gasteiger partial charge is 0.464 e. The van der Waals surface area contributed by atoms with Gasteiger partial charge in [0.05, 0.1) is 16.4 Å². The summed E-state index contributed by atoms with van der Waals surface area (Å²) in [7, 11) is 0. The molecule has 0 amide bonds. The van der Waals surface area contributed by atoms with Gasteiger partial charge < -0.3 is 13.9 Å². The van der Waals surface area contributed by atoms with Crippen LogP contribution in [0.2, 0.25) is 0 Å². The van der Waals surface area contributed by atoms with Crippen molar-refractivity contribution in [1.82, 2.24) is 0 Å². The van der Waals surface area contributed by atoms with Crippen LogP contribution < -0.4 is 10.4 Å². The quantitative estimate of drug-likeness (QED) is 0.816. The number of carbonyl (C=O) groups excluding carboxylic acids is 1. The van der Waals surface area contributed by atoms with Crippen molar-refractivity contribution < 1.29 is 18.7 Å². The Kier molecular flexibility index (Phi) is 3.53. The second kappa shape index (κ2) is 5.25. The molecule has 0 spiro atoms. The summed E-state index contributed by atoms with van der Waals surface area (Å²) in [5.74, 6) is 0.290. The molecular formula is C17H18O5. The van der Waals surface area contributed by atoms with Gasteiger partial charge in [-0.15, -0.1) is 0 Å². The summed E-state index contributed by atoms with van der Waals surface area (Å²) in [6.07, 6.45) is -0.261. The molecule has 0 fully saturated rings. The molecule has 1 aliphatic heterocycles. The third-order valence-electron chi connectivity index (χ3n) is 4.27. The molecule has 1 aliphatic rings. The zero-order valence-electron chi connectivity index (χ0n) is 12.8. The fourth-order valence-electron chi connectivity index (χ4n) is 2.93. The maximum absolute atomic E-state index is 12.4. The average molecular weight is 302 g/mol. The first kappa shape index (κ1) is 14.8. The smallest absolute Gasteiger partial charge is 0.344 e. The van der Waals surface area contributed by atoms with Gasteiger partial charge in [0.25, 0.3) is 0 Å². The lowest BCUT2D eigenvalue weighted by Gasteiger charge is -2.37. The van der Waals surface area contributed by atoms with E-state index in [0.29, 0.717) is 29.7 Å². The molecule has 0 N–H and O–H groups in total. The second-order valence-corrected chi connectivity index (χ2v) is 5.68. The molecule has 0 unspecified atom stereocenters.